The standard InChI is InChI=1S/C13H17N3OS/c1-4-17-11-7-5-6-10(8-11)12-15-16-13(18-12)14-9(2)3/h5-9H,4H2,1-3H3,(H,14,16). The number of anilines is 1. The Kier molecular flexibility index (Phi) is 4.15. The highest BCUT2D eigenvalue weighted by molar-refractivity contribution is 7.18. The molecule has 5 heteroatoms. The van der Waals surface area contributed by atoms with Gasteiger partial charge in [-0.3, -0.25) is 0 Å². The molecule has 0 bridgehead atoms. The molecule has 0 fully saturated rings. The second-order valence-electron chi connectivity index (χ2n) is 4.17. The normalized spacial score (nSPS) is 10.7. The molecule has 18 heavy (non-hydrogen) atoms. The number of rotatable bonds is 5. The molecule has 0 atom stereocenters. The molecule has 0 unspecified atom stereocenters. The molecule has 0 amide bonds. The lowest BCUT2D eigenvalue weighted by Gasteiger charge is -2.04. The molecule has 0 saturated carbocycles. The van der Waals surface area contributed by atoms with Gasteiger partial charge in [-0.25, -0.2) is 0 Å². The first kappa shape index (κ1) is 12.8. The SMILES string of the molecule is CCOc1cccc(-c2nnc(NC(C)C)s2)c1. The van der Waals surface area contributed by atoms with Crippen molar-refractivity contribution in [2.45, 2.75) is 26.8 Å². The van der Waals surface area contributed by atoms with Crippen LogP contribution in [0.3, 0.4) is 0 Å². The van der Waals surface area contributed by atoms with Gasteiger partial charge in [0.15, 0.2) is 0 Å². The first-order valence-corrected chi connectivity index (χ1v) is 6.84. The molecule has 1 aromatic carbocycles. The van der Waals surface area contributed by atoms with E-state index in [9.17, 15) is 0 Å². The number of hydrogen-bond donors (Lipinski definition) is 1. The van der Waals surface area contributed by atoms with Gasteiger partial charge >= 0.3 is 0 Å². The predicted molar refractivity (Wildman–Crippen MR) is 75.3 cm³/mol. The van der Waals surface area contributed by atoms with Crippen LogP contribution < -0.4 is 10.1 Å². The molecule has 2 aromatic rings. The van der Waals surface area contributed by atoms with E-state index in [0.29, 0.717) is 12.6 Å². The fourth-order valence-corrected chi connectivity index (χ4v) is 2.42. The fourth-order valence-electron chi connectivity index (χ4n) is 1.53. The van der Waals surface area contributed by atoms with E-state index in [4.69, 9.17) is 4.74 Å². The first-order valence-electron chi connectivity index (χ1n) is 6.02. The second-order valence-corrected chi connectivity index (χ2v) is 5.15. The lowest BCUT2D eigenvalue weighted by atomic mass is 10.2. The summed E-state index contributed by atoms with van der Waals surface area (Å²) < 4.78 is 5.48. The Morgan fingerprint density at radius 2 is 2.17 bits per heavy atom. The van der Waals surface area contributed by atoms with Gasteiger partial charge in [-0.1, -0.05) is 23.5 Å². The number of ether oxygens (including phenoxy) is 1. The highest BCUT2D eigenvalue weighted by atomic mass is 32.1. The summed E-state index contributed by atoms with van der Waals surface area (Å²) in [6.07, 6.45) is 0. The third-order valence-corrected chi connectivity index (χ3v) is 3.13. The Morgan fingerprint density at radius 3 is 2.89 bits per heavy atom. The largest absolute Gasteiger partial charge is 0.494 e. The van der Waals surface area contributed by atoms with Crippen LogP contribution in [-0.4, -0.2) is 22.8 Å². The molecule has 0 radical (unpaired) electrons. The van der Waals surface area contributed by atoms with Crippen LogP contribution in [0.25, 0.3) is 10.6 Å². The van der Waals surface area contributed by atoms with Crippen molar-refractivity contribution < 1.29 is 4.74 Å². The molecule has 0 aliphatic rings. The van der Waals surface area contributed by atoms with Gasteiger partial charge in [0.1, 0.15) is 10.8 Å². The van der Waals surface area contributed by atoms with E-state index >= 15 is 0 Å². The lowest BCUT2D eigenvalue weighted by molar-refractivity contribution is 0.340. The van der Waals surface area contributed by atoms with Crippen LogP contribution in [0.15, 0.2) is 24.3 Å². The maximum atomic E-state index is 5.48. The van der Waals surface area contributed by atoms with Crippen LogP contribution in [0.4, 0.5) is 5.13 Å². The van der Waals surface area contributed by atoms with Crippen LogP contribution in [0.1, 0.15) is 20.8 Å². The minimum Gasteiger partial charge on any atom is -0.494 e. The molecule has 2 rings (SSSR count). The van der Waals surface area contributed by atoms with Crippen molar-refractivity contribution in [3.8, 4) is 16.3 Å². The zero-order valence-corrected chi connectivity index (χ0v) is 11.6. The summed E-state index contributed by atoms with van der Waals surface area (Å²) in [5.74, 6) is 0.864. The number of nitrogens with one attached hydrogen (secondary N) is 1. The van der Waals surface area contributed by atoms with Crippen LogP contribution >= 0.6 is 11.3 Å². The molecule has 0 spiro atoms. The minimum absolute atomic E-state index is 0.362. The van der Waals surface area contributed by atoms with Crippen molar-refractivity contribution in [2.75, 3.05) is 11.9 Å². The Morgan fingerprint density at radius 1 is 1.33 bits per heavy atom. The quantitative estimate of drug-likeness (QED) is 0.898. The van der Waals surface area contributed by atoms with Crippen molar-refractivity contribution >= 4 is 16.5 Å². The molecule has 1 aromatic heterocycles. The second kappa shape index (κ2) is 5.82. The topological polar surface area (TPSA) is 47.0 Å². The van der Waals surface area contributed by atoms with Gasteiger partial charge in [0.05, 0.1) is 6.61 Å². The average Bonchev–Trinajstić information content (AvgIpc) is 2.77. The smallest absolute Gasteiger partial charge is 0.206 e. The molecular weight excluding hydrogens is 246 g/mol. The van der Waals surface area contributed by atoms with Gasteiger partial charge in [-0.05, 0) is 32.9 Å². The summed E-state index contributed by atoms with van der Waals surface area (Å²) in [6.45, 7) is 6.80. The van der Waals surface area contributed by atoms with E-state index in [2.05, 4.69) is 29.4 Å². The maximum absolute atomic E-state index is 5.48. The van der Waals surface area contributed by atoms with Crippen LogP contribution in [-0.2, 0) is 0 Å². The van der Waals surface area contributed by atoms with Gasteiger partial charge in [-0.2, -0.15) is 0 Å². The molecule has 1 N–H and O–H groups in total. The Hall–Kier alpha value is -1.62. The summed E-state index contributed by atoms with van der Waals surface area (Å²) in [5, 5.41) is 13.3. The molecular formula is C13H17N3OS. The lowest BCUT2D eigenvalue weighted by Crippen LogP contribution is -2.08. The molecule has 4 nitrogen and oxygen atoms in total. The van der Waals surface area contributed by atoms with Crippen molar-refractivity contribution in [1.29, 1.82) is 0 Å². The van der Waals surface area contributed by atoms with E-state index in [1.807, 2.05) is 31.2 Å². The third kappa shape index (κ3) is 3.20. The molecule has 0 saturated heterocycles. The summed E-state index contributed by atoms with van der Waals surface area (Å²) in [6, 6.07) is 8.28. The minimum atomic E-state index is 0.362. The van der Waals surface area contributed by atoms with E-state index in [1.165, 1.54) is 0 Å². The van der Waals surface area contributed by atoms with Crippen molar-refractivity contribution in [3.63, 3.8) is 0 Å². The average molecular weight is 263 g/mol. The molecule has 1 heterocycles. The molecule has 0 aliphatic heterocycles. The highest BCUT2D eigenvalue weighted by Gasteiger charge is 2.08. The van der Waals surface area contributed by atoms with Crippen LogP contribution in [0.5, 0.6) is 5.75 Å². The van der Waals surface area contributed by atoms with Crippen LogP contribution in [0, 0.1) is 0 Å². The molecule has 0 aliphatic carbocycles. The van der Waals surface area contributed by atoms with E-state index < -0.39 is 0 Å². The number of nitrogens with zero attached hydrogens (tertiary/aromatic N) is 2. The van der Waals surface area contributed by atoms with E-state index in [0.717, 1.165) is 21.5 Å². The van der Waals surface area contributed by atoms with Gasteiger partial charge < -0.3 is 10.1 Å². The number of aromatic nitrogens is 2. The van der Waals surface area contributed by atoms with Gasteiger partial charge in [0, 0.05) is 11.6 Å². The summed E-state index contributed by atoms with van der Waals surface area (Å²) in [5.41, 5.74) is 1.04. The zero-order chi connectivity index (χ0) is 13.0. The Labute approximate surface area is 111 Å². The highest BCUT2D eigenvalue weighted by Crippen LogP contribution is 2.28. The summed E-state index contributed by atoms with van der Waals surface area (Å²) in [4.78, 5) is 0. The monoisotopic (exact) mass is 263 g/mol. The third-order valence-electron chi connectivity index (χ3n) is 2.23. The zero-order valence-electron chi connectivity index (χ0n) is 10.8. The molecule has 96 valence electrons. The Bertz CT molecular complexity index is 510. The number of hydrogen-bond acceptors (Lipinski definition) is 5. The Balaban J connectivity index is 2.20. The number of benzene rings is 1. The van der Waals surface area contributed by atoms with Gasteiger partial charge in [-0.15, -0.1) is 10.2 Å². The maximum Gasteiger partial charge on any atom is 0.206 e. The van der Waals surface area contributed by atoms with Crippen LogP contribution in [0.2, 0.25) is 0 Å². The van der Waals surface area contributed by atoms with Gasteiger partial charge in [0.2, 0.25) is 5.13 Å². The summed E-state index contributed by atoms with van der Waals surface area (Å²) >= 11 is 1.55. The predicted octanol–water partition coefficient (Wildman–Crippen LogP) is 3.42. The van der Waals surface area contributed by atoms with Crippen molar-refractivity contribution in [1.82, 2.24) is 10.2 Å². The van der Waals surface area contributed by atoms with E-state index in [1.54, 1.807) is 11.3 Å². The van der Waals surface area contributed by atoms with E-state index in [-0.39, 0.29) is 0 Å². The van der Waals surface area contributed by atoms with Gasteiger partial charge in [0.25, 0.3) is 0 Å². The first-order chi connectivity index (χ1) is 8.69. The summed E-state index contributed by atoms with van der Waals surface area (Å²) in [7, 11) is 0. The van der Waals surface area contributed by atoms with Crippen molar-refractivity contribution in [3.05, 3.63) is 24.3 Å². The van der Waals surface area contributed by atoms with Crippen molar-refractivity contribution in [2.24, 2.45) is 0 Å². The fraction of sp³-hybridized carbons (Fsp3) is 0.385.